The normalized spacial score (nSPS) is 15.6. The van der Waals surface area contributed by atoms with Gasteiger partial charge in [0, 0.05) is 12.0 Å². The smallest absolute Gasteiger partial charge is 0.405 e. The molecule has 4 rings (SSSR count). The summed E-state index contributed by atoms with van der Waals surface area (Å²) in [4.78, 5) is 11.1. The van der Waals surface area contributed by atoms with Gasteiger partial charge in [0.1, 0.15) is 11.9 Å². The second-order valence-electron chi connectivity index (χ2n) is 6.26. The predicted molar refractivity (Wildman–Crippen MR) is 101 cm³/mol. The molecule has 0 bridgehead atoms. The van der Waals surface area contributed by atoms with Gasteiger partial charge < -0.3 is 15.2 Å². The van der Waals surface area contributed by atoms with Crippen molar-refractivity contribution in [1.29, 1.82) is 0 Å². The van der Waals surface area contributed by atoms with Gasteiger partial charge in [-0.15, -0.1) is 0 Å². The zero-order valence-electron chi connectivity index (χ0n) is 14.2. The molecule has 0 fully saturated rings. The van der Waals surface area contributed by atoms with Crippen molar-refractivity contribution < 1.29 is 14.3 Å². The lowest BCUT2D eigenvalue weighted by Gasteiger charge is -2.25. The average molecular weight is 345 g/mol. The number of nitrogens with two attached hydrogens (primary N) is 1. The zero-order chi connectivity index (χ0) is 17.9. The van der Waals surface area contributed by atoms with E-state index in [4.69, 9.17) is 15.2 Å². The number of benzene rings is 3. The van der Waals surface area contributed by atoms with Gasteiger partial charge in [-0.2, -0.15) is 0 Å². The Labute approximate surface area is 152 Å². The van der Waals surface area contributed by atoms with E-state index in [0.717, 1.165) is 28.0 Å². The van der Waals surface area contributed by atoms with Gasteiger partial charge in [-0.05, 0) is 34.4 Å². The van der Waals surface area contributed by atoms with Crippen molar-refractivity contribution in [3.05, 3.63) is 78.4 Å². The Hall–Kier alpha value is -3.27. The molecule has 1 aliphatic rings. The van der Waals surface area contributed by atoms with Gasteiger partial charge in [-0.3, -0.25) is 0 Å². The number of carbonyl (C=O) groups is 1. The van der Waals surface area contributed by atoms with Gasteiger partial charge in [-0.25, -0.2) is 4.79 Å². The van der Waals surface area contributed by atoms with E-state index in [1.165, 1.54) is 5.56 Å². The summed E-state index contributed by atoms with van der Waals surface area (Å²) in [6.45, 7) is 0.498. The number of amides is 1. The fourth-order valence-corrected chi connectivity index (χ4v) is 3.31. The molecule has 130 valence electrons. The number of carbonyl (C=O) groups excluding carboxylic acids is 1. The Balaban J connectivity index is 1.68. The van der Waals surface area contributed by atoms with Crippen LogP contribution in [0, 0.1) is 0 Å². The van der Waals surface area contributed by atoms with Gasteiger partial charge in [0.2, 0.25) is 0 Å². The summed E-state index contributed by atoms with van der Waals surface area (Å²) < 4.78 is 11.0. The quantitative estimate of drug-likeness (QED) is 0.731. The van der Waals surface area contributed by atoms with Crippen LogP contribution in [-0.4, -0.2) is 12.7 Å². The summed E-state index contributed by atoms with van der Waals surface area (Å²) in [5.74, 6) is 0.741. The second-order valence-corrected chi connectivity index (χ2v) is 6.26. The highest BCUT2D eigenvalue weighted by molar-refractivity contribution is 5.74. The number of ether oxygens (including phenoxy) is 2. The van der Waals surface area contributed by atoms with Gasteiger partial charge in [-0.1, -0.05) is 60.7 Å². The van der Waals surface area contributed by atoms with Crippen LogP contribution in [0.1, 0.15) is 18.1 Å². The molecule has 0 radical (unpaired) electrons. The topological polar surface area (TPSA) is 61.6 Å². The molecule has 0 saturated heterocycles. The van der Waals surface area contributed by atoms with E-state index in [9.17, 15) is 4.79 Å². The first-order valence-corrected chi connectivity index (χ1v) is 8.59. The lowest BCUT2D eigenvalue weighted by molar-refractivity contribution is 0.0766. The highest BCUT2D eigenvalue weighted by Crippen LogP contribution is 2.38. The minimum absolute atomic E-state index is 0.346. The van der Waals surface area contributed by atoms with Crippen molar-refractivity contribution in [3.63, 3.8) is 0 Å². The van der Waals surface area contributed by atoms with Crippen LogP contribution >= 0.6 is 0 Å². The van der Waals surface area contributed by atoms with Crippen molar-refractivity contribution >= 4 is 6.09 Å². The van der Waals surface area contributed by atoms with E-state index in [2.05, 4.69) is 36.4 Å². The number of hydrogen-bond acceptors (Lipinski definition) is 3. The molecule has 0 aromatic heterocycles. The average Bonchev–Trinajstić information content (AvgIpc) is 2.68. The number of primary amides is 1. The molecule has 3 aromatic rings. The molecule has 4 heteroatoms. The molecule has 1 unspecified atom stereocenters. The second kappa shape index (κ2) is 6.92. The van der Waals surface area contributed by atoms with E-state index in [-0.39, 0.29) is 6.10 Å². The molecule has 1 aliphatic heterocycles. The van der Waals surface area contributed by atoms with Gasteiger partial charge in [0.25, 0.3) is 0 Å². The molecular formula is C22H19NO3. The standard InChI is InChI=1S/C22H19NO3/c23-22(24)26-20-11-12-25-21-14-18(9-10-19(20)21)17-8-4-7-16(13-17)15-5-2-1-3-6-15/h1-10,13-14,20H,11-12H2,(H2,23,24). The molecular weight excluding hydrogens is 326 g/mol. The van der Waals surface area contributed by atoms with Gasteiger partial charge in [0.05, 0.1) is 6.61 Å². The highest BCUT2D eigenvalue weighted by Gasteiger charge is 2.24. The van der Waals surface area contributed by atoms with Crippen LogP contribution in [-0.2, 0) is 4.74 Å². The molecule has 26 heavy (non-hydrogen) atoms. The van der Waals surface area contributed by atoms with Crippen LogP contribution in [0.25, 0.3) is 22.3 Å². The minimum Gasteiger partial charge on any atom is -0.493 e. The van der Waals surface area contributed by atoms with E-state index >= 15 is 0 Å². The van der Waals surface area contributed by atoms with Gasteiger partial charge in [0.15, 0.2) is 0 Å². The Morgan fingerprint density at radius 1 is 0.885 bits per heavy atom. The van der Waals surface area contributed by atoms with E-state index in [1.807, 2.05) is 36.4 Å². The van der Waals surface area contributed by atoms with Crippen LogP contribution in [0.2, 0.25) is 0 Å². The number of fused-ring (bicyclic) bond motifs is 1. The SMILES string of the molecule is NC(=O)OC1CCOc2cc(-c3cccc(-c4ccccc4)c3)ccc21. The number of rotatable bonds is 3. The molecule has 1 atom stereocenters. The summed E-state index contributed by atoms with van der Waals surface area (Å²) in [7, 11) is 0. The Morgan fingerprint density at radius 3 is 2.35 bits per heavy atom. The lowest BCUT2D eigenvalue weighted by Crippen LogP contribution is -2.22. The fourth-order valence-electron chi connectivity index (χ4n) is 3.31. The predicted octanol–water partition coefficient (Wildman–Crippen LogP) is 4.94. The largest absolute Gasteiger partial charge is 0.493 e. The summed E-state index contributed by atoms with van der Waals surface area (Å²) in [5, 5.41) is 0. The molecule has 1 heterocycles. The summed E-state index contributed by atoms with van der Waals surface area (Å²) >= 11 is 0. The van der Waals surface area contributed by atoms with E-state index in [1.54, 1.807) is 0 Å². The molecule has 2 N–H and O–H groups in total. The van der Waals surface area contributed by atoms with Crippen LogP contribution in [0.3, 0.4) is 0 Å². The third-order valence-corrected chi connectivity index (χ3v) is 4.56. The first-order chi connectivity index (χ1) is 12.7. The third-order valence-electron chi connectivity index (χ3n) is 4.56. The van der Waals surface area contributed by atoms with Crippen molar-refractivity contribution in [2.24, 2.45) is 5.73 Å². The molecule has 0 aliphatic carbocycles. The molecule has 1 amide bonds. The Bertz CT molecular complexity index is 937. The maximum absolute atomic E-state index is 11.1. The van der Waals surface area contributed by atoms with Crippen molar-refractivity contribution in [3.8, 4) is 28.0 Å². The van der Waals surface area contributed by atoms with Crippen molar-refractivity contribution in [1.82, 2.24) is 0 Å². The van der Waals surface area contributed by atoms with Crippen LogP contribution in [0.5, 0.6) is 5.75 Å². The molecule has 4 nitrogen and oxygen atoms in total. The van der Waals surface area contributed by atoms with Gasteiger partial charge >= 0.3 is 6.09 Å². The van der Waals surface area contributed by atoms with Crippen molar-refractivity contribution in [2.75, 3.05) is 6.61 Å². The fraction of sp³-hybridized carbons (Fsp3) is 0.136. The van der Waals surface area contributed by atoms with E-state index < -0.39 is 6.09 Å². The Morgan fingerprint density at radius 2 is 1.58 bits per heavy atom. The minimum atomic E-state index is -0.762. The van der Waals surface area contributed by atoms with Crippen molar-refractivity contribution in [2.45, 2.75) is 12.5 Å². The summed E-state index contributed by atoms with van der Waals surface area (Å²) in [6.07, 6.45) is -0.498. The lowest BCUT2D eigenvalue weighted by atomic mass is 9.96. The summed E-state index contributed by atoms with van der Waals surface area (Å²) in [5.41, 5.74) is 10.5. The maximum Gasteiger partial charge on any atom is 0.405 e. The monoisotopic (exact) mass is 345 g/mol. The Kier molecular flexibility index (Phi) is 4.32. The maximum atomic E-state index is 11.1. The van der Waals surface area contributed by atoms with Crippen LogP contribution in [0.4, 0.5) is 4.79 Å². The highest BCUT2D eigenvalue weighted by atomic mass is 16.6. The number of hydrogen-bond donors (Lipinski definition) is 1. The molecule has 3 aromatic carbocycles. The first-order valence-electron chi connectivity index (χ1n) is 8.59. The zero-order valence-corrected chi connectivity index (χ0v) is 14.2. The van der Waals surface area contributed by atoms with E-state index in [0.29, 0.717) is 13.0 Å². The first kappa shape index (κ1) is 16.2. The van der Waals surface area contributed by atoms with Crippen LogP contribution in [0.15, 0.2) is 72.8 Å². The molecule has 0 spiro atoms. The summed E-state index contributed by atoms with van der Waals surface area (Å²) in [6, 6.07) is 24.6. The molecule has 0 saturated carbocycles. The van der Waals surface area contributed by atoms with Crippen LogP contribution < -0.4 is 10.5 Å². The third kappa shape index (κ3) is 3.26.